The molecule has 0 fully saturated rings. The fourth-order valence-corrected chi connectivity index (χ4v) is 4.28. The first-order valence-electron chi connectivity index (χ1n) is 12.5. The number of hydrogen-bond acceptors (Lipinski definition) is 5. The van der Waals surface area contributed by atoms with E-state index in [0.29, 0.717) is 5.56 Å². The normalized spacial score (nSPS) is 10.7. The van der Waals surface area contributed by atoms with Gasteiger partial charge >= 0.3 is 0 Å². The highest BCUT2D eigenvalue weighted by Gasteiger charge is 2.14. The fourth-order valence-electron chi connectivity index (χ4n) is 4.28. The maximum atomic E-state index is 13.2. The van der Waals surface area contributed by atoms with Crippen molar-refractivity contribution in [1.29, 1.82) is 0 Å². The van der Waals surface area contributed by atoms with E-state index in [0.717, 1.165) is 52.2 Å². The number of fused-ring (bicyclic) bond motifs is 1. The van der Waals surface area contributed by atoms with Crippen molar-refractivity contribution in [1.82, 2.24) is 9.97 Å². The Bertz CT molecular complexity index is 1560. The quantitative estimate of drug-likeness (QED) is 0.205. The standard InChI is InChI=1S/C32H29N5O/c1-3-4-6-23-9-14-30-29(21-23)31(17-20-34-30)36-25-12-10-24(11-13-25)32(38)37(2)28-8-5-7-27(22-28)35-26-15-18-33-19-16-26/h3,5,7-22H,1,4,6H2,2H3,(H,33,35)(H,34,36). The van der Waals surface area contributed by atoms with Crippen LogP contribution in [0.2, 0.25) is 0 Å². The summed E-state index contributed by atoms with van der Waals surface area (Å²) in [5.74, 6) is -0.0844. The van der Waals surface area contributed by atoms with Crippen molar-refractivity contribution in [3.05, 3.63) is 127 Å². The number of aryl methyl sites for hydroxylation is 1. The van der Waals surface area contributed by atoms with Crippen molar-refractivity contribution >= 4 is 45.2 Å². The molecule has 3 aromatic carbocycles. The number of hydrogen-bond donors (Lipinski definition) is 2. The molecule has 38 heavy (non-hydrogen) atoms. The summed E-state index contributed by atoms with van der Waals surface area (Å²) in [6.07, 6.45) is 9.09. The largest absolute Gasteiger partial charge is 0.355 e. The number of rotatable bonds is 9. The summed E-state index contributed by atoms with van der Waals surface area (Å²) in [6, 6.07) is 27.4. The van der Waals surface area contributed by atoms with E-state index in [2.05, 4.69) is 45.4 Å². The number of carbonyl (C=O) groups is 1. The molecule has 5 rings (SSSR count). The van der Waals surface area contributed by atoms with E-state index in [1.54, 1.807) is 30.5 Å². The van der Waals surface area contributed by atoms with Crippen LogP contribution in [-0.2, 0) is 6.42 Å². The summed E-state index contributed by atoms with van der Waals surface area (Å²) < 4.78 is 0. The molecule has 0 aliphatic heterocycles. The predicted molar refractivity (Wildman–Crippen MR) is 157 cm³/mol. The molecule has 0 bridgehead atoms. The van der Waals surface area contributed by atoms with Gasteiger partial charge in [-0.25, -0.2) is 0 Å². The average molecular weight is 500 g/mol. The number of benzene rings is 3. The van der Waals surface area contributed by atoms with E-state index in [1.165, 1.54) is 5.56 Å². The van der Waals surface area contributed by atoms with Gasteiger partial charge in [0.05, 0.1) is 5.52 Å². The van der Waals surface area contributed by atoms with Gasteiger partial charge in [0.2, 0.25) is 0 Å². The Morgan fingerprint density at radius 1 is 0.868 bits per heavy atom. The third-order valence-electron chi connectivity index (χ3n) is 6.36. The number of amides is 1. The topological polar surface area (TPSA) is 70.2 Å². The van der Waals surface area contributed by atoms with Crippen LogP contribution in [0.4, 0.5) is 28.4 Å². The zero-order chi connectivity index (χ0) is 26.3. The Balaban J connectivity index is 1.30. The Morgan fingerprint density at radius 3 is 2.45 bits per heavy atom. The molecule has 0 atom stereocenters. The molecule has 2 N–H and O–H groups in total. The zero-order valence-corrected chi connectivity index (χ0v) is 21.3. The fraction of sp³-hybridized carbons (Fsp3) is 0.0938. The molecule has 6 heteroatoms. The highest BCUT2D eigenvalue weighted by atomic mass is 16.2. The van der Waals surface area contributed by atoms with Crippen molar-refractivity contribution in [2.45, 2.75) is 12.8 Å². The zero-order valence-electron chi connectivity index (χ0n) is 21.3. The smallest absolute Gasteiger partial charge is 0.258 e. The molecule has 0 spiro atoms. The number of nitrogens with zero attached hydrogens (tertiary/aromatic N) is 3. The highest BCUT2D eigenvalue weighted by molar-refractivity contribution is 6.06. The van der Waals surface area contributed by atoms with E-state index >= 15 is 0 Å². The van der Waals surface area contributed by atoms with Gasteiger partial charge in [0.15, 0.2) is 0 Å². The second kappa shape index (κ2) is 11.4. The molecule has 2 aromatic heterocycles. The lowest BCUT2D eigenvalue weighted by atomic mass is 10.1. The van der Waals surface area contributed by atoms with Gasteiger partial charge < -0.3 is 15.5 Å². The second-order valence-corrected chi connectivity index (χ2v) is 9.02. The number of aromatic nitrogens is 2. The minimum Gasteiger partial charge on any atom is -0.355 e. The summed E-state index contributed by atoms with van der Waals surface area (Å²) in [7, 11) is 1.78. The molecule has 0 unspecified atom stereocenters. The van der Waals surface area contributed by atoms with Crippen molar-refractivity contribution in [2.75, 3.05) is 22.6 Å². The summed E-state index contributed by atoms with van der Waals surface area (Å²) in [5.41, 5.74) is 7.30. The molecule has 0 aliphatic carbocycles. The summed E-state index contributed by atoms with van der Waals surface area (Å²) in [4.78, 5) is 23.4. The molecule has 2 heterocycles. The first-order chi connectivity index (χ1) is 18.6. The van der Waals surface area contributed by atoms with Crippen LogP contribution in [0.3, 0.4) is 0 Å². The van der Waals surface area contributed by atoms with E-state index in [4.69, 9.17) is 0 Å². The molecule has 188 valence electrons. The molecule has 6 nitrogen and oxygen atoms in total. The summed E-state index contributed by atoms with van der Waals surface area (Å²) in [6.45, 7) is 3.82. The number of nitrogens with one attached hydrogen (secondary N) is 2. The molecule has 5 aromatic rings. The van der Waals surface area contributed by atoms with Crippen LogP contribution in [0.1, 0.15) is 22.3 Å². The Kier molecular flexibility index (Phi) is 7.41. The third kappa shape index (κ3) is 5.71. The minimum atomic E-state index is -0.0844. The number of carbonyl (C=O) groups excluding carboxylic acids is 1. The maximum absolute atomic E-state index is 13.2. The van der Waals surface area contributed by atoms with Gasteiger partial charge in [-0.05, 0) is 91.2 Å². The van der Waals surface area contributed by atoms with Gasteiger partial charge in [0, 0.05) is 65.0 Å². The van der Waals surface area contributed by atoms with Crippen molar-refractivity contribution in [3.63, 3.8) is 0 Å². The van der Waals surface area contributed by atoms with E-state index in [-0.39, 0.29) is 5.91 Å². The average Bonchev–Trinajstić information content (AvgIpc) is 2.96. The van der Waals surface area contributed by atoms with Gasteiger partial charge in [-0.1, -0.05) is 18.2 Å². The number of pyridine rings is 2. The SMILES string of the molecule is C=CCCc1ccc2nccc(Nc3ccc(C(=O)N(C)c4cccc(Nc5ccncc5)c4)cc3)c2c1. The number of allylic oxidation sites excluding steroid dienone is 1. The van der Waals surface area contributed by atoms with Crippen LogP contribution in [0, 0.1) is 0 Å². The first kappa shape index (κ1) is 24.7. The van der Waals surface area contributed by atoms with Gasteiger partial charge in [-0.15, -0.1) is 6.58 Å². The molecular formula is C32H29N5O. The lowest BCUT2D eigenvalue weighted by Gasteiger charge is -2.19. The van der Waals surface area contributed by atoms with Crippen LogP contribution in [0.15, 0.2) is 116 Å². The van der Waals surface area contributed by atoms with Crippen LogP contribution in [0.25, 0.3) is 10.9 Å². The molecule has 0 saturated carbocycles. The lowest BCUT2D eigenvalue weighted by Crippen LogP contribution is -2.26. The summed E-state index contributed by atoms with van der Waals surface area (Å²) in [5, 5.41) is 7.89. The first-order valence-corrected chi connectivity index (χ1v) is 12.5. The van der Waals surface area contributed by atoms with Gasteiger partial charge in [0.1, 0.15) is 0 Å². The minimum absolute atomic E-state index is 0.0844. The monoisotopic (exact) mass is 499 g/mol. The van der Waals surface area contributed by atoms with Crippen LogP contribution in [0.5, 0.6) is 0 Å². The van der Waals surface area contributed by atoms with Gasteiger partial charge in [0.25, 0.3) is 5.91 Å². The number of anilines is 5. The van der Waals surface area contributed by atoms with Crippen LogP contribution < -0.4 is 15.5 Å². The van der Waals surface area contributed by atoms with E-state index in [1.807, 2.05) is 72.8 Å². The highest BCUT2D eigenvalue weighted by Crippen LogP contribution is 2.28. The van der Waals surface area contributed by atoms with Gasteiger partial charge in [-0.3, -0.25) is 14.8 Å². The molecular weight excluding hydrogens is 470 g/mol. The van der Waals surface area contributed by atoms with E-state index in [9.17, 15) is 4.79 Å². The molecule has 0 radical (unpaired) electrons. The summed E-state index contributed by atoms with van der Waals surface area (Å²) >= 11 is 0. The van der Waals surface area contributed by atoms with Crippen molar-refractivity contribution in [2.24, 2.45) is 0 Å². The van der Waals surface area contributed by atoms with Gasteiger partial charge in [-0.2, -0.15) is 0 Å². The van der Waals surface area contributed by atoms with Crippen molar-refractivity contribution < 1.29 is 4.79 Å². The molecule has 0 aliphatic rings. The van der Waals surface area contributed by atoms with Crippen LogP contribution in [-0.4, -0.2) is 22.9 Å². The molecule has 0 saturated heterocycles. The molecule has 1 amide bonds. The Morgan fingerprint density at radius 2 is 1.66 bits per heavy atom. The predicted octanol–water partition coefficient (Wildman–Crippen LogP) is 7.51. The van der Waals surface area contributed by atoms with Crippen molar-refractivity contribution in [3.8, 4) is 0 Å². The Labute approximate surface area is 222 Å². The Hall–Kier alpha value is -4.97. The van der Waals surface area contributed by atoms with E-state index < -0.39 is 0 Å². The third-order valence-corrected chi connectivity index (χ3v) is 6.36. The second-order valence-electron chi connectivity index (χ2n) is 9.02. The lowest BCUT2D eigenvalue weighted by molar-refractivity contribution is 0.0993. The maximum Gasteiger partial charge on any atom is 0.258 e. The van der Waals surface area contributed by atoms with Crippen LogP contribution >= 0.6 is 0 Å².